The maximum absolute atomic E-state index is 14.3. The molecule has 11 nitrogen and oxygen atoms in total. The second kappa shape index (κ2) is 10.00. The molecule has 15 heteroatoms. The number of benzene rings is 1. The average molecular weight is 543 g/mol. The van der Waals surface area contributed by atoms with E-state index < -0.39 is 35.1 Å². The number of rotatable bonds is 6. The Morgan fingerprint density at radius 1 is 1.05 bits per heavy atom. The second-order valence-electron chi connectivity index (χ2n) is 8.33. The minimum absolute atomic E-state index is 0.00169. The van der Waals surface area contributed by atoms with E-state index in [1.165, 1.54) is 6.07 Å². The lowest BCUT2D eigenvalue weighted by molar-refractivity contribution is -0.141. The first-order valence-electron chi connectivity index (χ1n) is 11.3. The number of nitrogens with one attached hydrogen (secondary N) is 3. The Bertz CT molecular complexity index is 1620. The van der Waals surface area contributed by atoms with Gasteiger partial charge in [-0.3, -0.25) is 19.4 Å². The minimum atomic E-state index is -4.66. The third-order valence-electron chi connectivity index (χ3n) is 5.59. The highest BCUT2D eigenvalue weighted by molar-refractivity contribution is 5.98. The number of pyridine rings is 1. The first-order valence-corrected chi connectivity index (χ1v) is 11.3. The van der Waals surface area contributed by atoms with Gasteiger partial charge in [0.05, 0.1) is 11.9 Å². The van der Waals surface area contributed by atoms with Crippen LogP contribution < -0.4 is 20.7 Å². The largest absolute Gasteiger partial charge is 0.482 e. The molecule has 1 aromatic carbocycles. The standard InChI is InChI=1S/C24H17F4N7O4/c25-14-10-32-35-17(23(38)31-9-13-3-4-29-19(6-13)24(26,27)28)7-16(34-21(14)35)22(37)30-8-12-1-2-18-15(5-12)33-20(36)11-39-18/h1-7,10H,8-9,11H2,(H,30,37)(H,31,38)(H,33,36). The molecule has 0 saturated heterocycles. The fraction of sp³-hybridized carbons (Fsp3) is 0.167. The lowest BCUT2D eigenvalue weighted by Gasteiger charge is -2.18. The predicted octanol–water partition coefficient (Wildman–Crippen LogP) is 2.47. The van der Waals surface area contributed by atoms with Crippen LogP contribution in [0.5, 0.6) is 5.75 Å². The van der Waals surface area contributed by atoms with E-state index in [9.17, 15) is 31.9 Å². The summed E-state index contributed by atoms with van der Waals surface area (Å²) in [5.74, 6) is -2.32. The van der Waals surface area contributed by atoms with Gasteiger partial charge in [0.25, 0.3) is 17.7 Å². The molecule has 4 heterocycles. The van der Waals surface area contributed by atoms with Gasteiger partial charge in [-0.1, -0.05) is 6.07 Å². The number of amides is 3. The fourth-order valence-corrected chi connectivity index (χ4v) is 3.74. The molecule has 1 aliphatic heterocycles. The predicted molar refractivity (Wildman–Crippen MR) is 125 cm³/mol. The van der Waals surface area contributed by atoms with E-state index in [2.05, 4.69) is 31.0 Å². The molecule has 200 valence electrons. The highest BCUT2D eigenvalue weighted by atomic mass is 19.4. The minimum Gasteiger partial charge on any atom is -0.482 e. The van der Waals surface area contributed by atoms with E-state index in [0.717, 1.165) is 29.0 Å². The van der Waals surface area contributed by atoms with Crippen molar-refractivity contribution < 1.29 is 36.7 Å². The number of alkyl halides is 3. The first kappa shape index (κ1) is 25.6. The molecule has 0 saturated carbocycles. The van der Waals surface area contributed by atoms with E-state index >= 15 is 0 Å². The first-order chi connectivity index (χ1) is 18.6. The summed E-state index contributed by atoms with van der Waals surface area (Å²) < 4.78 is 59.3. The van der Waals surface area contributed by atoms with Gasteiger partial charge in [0.15, 0.2) is 18.1 Å². The zero-order valence-electron chi connectivity index (χ0n) is 19.7. The summed E-state index contributed by atoms with van der Waals surface area (Å²) in [5, 5.41) is 11.4. The number of hydrogen-bond acceptors (Lipinski definition) is 7. The molecule has 4 aromatic rings. The molecule has 0 atom stereocenters. The number of anilines is 1. The molecular weight excluding hydrogens is 526 g/mol. The highest BCUT2D eigenvalue weighted by Crippen LogP contribution is 2.29. The number of aromatic nitrogens is 4. The van der Waals surface area contributed by atoms with Crippen LogP contribution in [0.25, 0.3) is 5.65 Å². The monoisotopic (exact) mass is 543 g/mol. The van der Waals surface area contributed by atoms with Gasteiger partial charge < -0.3 is 20.7 Å². The van der Waals surface area contributed by atoms with Crippen LogP contribution in [0.15, 0.2) is 48.8 Å². The molecule has 0 aliphatic carbocycles. The molecule has 0 fully saturated rings. The summed E-state index contributed by atoms with van der Waals surface area (Å²) in [6.07, 6.45) is -2.89. The molecule has 3 amide bonds. The van der Waals surface area contributed by atoms with E-state index in [0.29, 0.717) is 17.0 Å². The molecule has 5 rings (SSSR count). The van der Waals surface area contributed by atoms with Crippen LogP contribution in [0.4, 0.5) is 23.2 Å². The number of ether oxygens (including phenoxy) is 1. The van der Waals surface area contributed by atoms with Crippen molar-refractivity contribution in [3.05, 3.63) is 82.8 Å². The number of carbonyl (C=O) groups excluding carboxylic acids is 3. The second-order valence-corrected chi connectivity index (χ2v) is 8.33. The van der Waals surface area contributed by atoms with Crippen LogP contribution in [0.3, 0.4) is 0 Å². The number of carbonyl (C=O) groups is 3. The Balaban J connectivity index is 1.33. The van der Waals surface area contributed by atoms with Crippen molar-refractivity contribution in [2.45, 2.75) is 19.3 Å². The average Bonchev–Trinajstić information content (AvgIpc) is 3.29. The Morgan fingerprint density at radius 3 is 2.56 bits per heavy atom. The summed E-state index contributed by atoms with van der Waals surface area (Å²) in [6, 6.07) is 8.08. The number of hydrogen-bond donors (Lipinski definition) is 3. The van der Waals surface area contributed by atoms with Crippen molar-refractivity contribution in [1.29, 1.82) is 0 Å². The fourth-order valence-electron chi connectivity index (χ4n) is 3.74. The lowest BCUT2D eigenvalue weighted by atomic mass is 10.1. The van der Waals surface area contributed by atoms with Gasteiger partial charge in [-0.15, -0.1) is 0 Å². The van der Waals surface area contributed by atoms with Gasteiger partial charge in [-0.2, -0.15) is 18.3 Å². The molecule has 0 bridgehead atoms. The van der Waals surface area contributed by atoms with Crippen molar-refractivity contribution in [1.82, 2.24) is 30.2 Å². The molecule has 3 N–H and O–H groups in total. The van der Waals surface area contributed by atoms with Gasteiger partial charge >= 0.3 is 6.18 Å². The summed E-state index contributed by atoms with van der Waals surface area (Å²) >= 11 is 0. The van der Waals surface area contributed by atoms with E-state index in [-0.39, 0.29) is 42.6 Å². The molecule has 0 unspecified atom stereocenters. The Hall–Kier alpha value is -5.08. The van der Waals surface area contributed by atoms with Crippen LogP contribution in [-0.4, -0.2) is 43.9 Å². The maximum Gasteiger partial charge on any atom is 0.433 e. The van der Waals surface area contributed by atoms with Crippen LogP contribution in [0.1, 0.15) is 37.8 Å². The molecule has 0 radical (unpaired) electrons. The lowest BCUT2D eigenvalue weighted by Crippen LogP contribution is -2.29. The number of halogens is 4. The van der Waals surface area contributed by atoms with Crippen LogP contribution >= 0.6 is 0 Å². The molecular formula is C24H17F4N7O4. The molecule has 3 aromatic heterocycles. The maximum atomic E-state index is 14.3. The van der Waals surface area contributed by atoms with Gasteiger partial charge in [0.2, 0.25) is 0 Å². The van der Waals surface area contributed by atoms with Crippen molar-refractivity contribution in [2.75, 3.05) is 11.9 Å². The van der Waals surface area contributed by atoms with E-state index in [1.54, 1.807) is 18.2 Å². The number of nitrogens with zero attached hydrogens (tertiary/aromatic N) is 4. The van der Waals surface area contributed by atoms with Crippen molar-refractivity contribution in [2.24, 2.45) is 0 Å². The van der Waals surface area contributed by atoms with Gasteiger partial charge in [0.1, 0.15) is 22.8 Å². The van der Waals surface area contributed by atoms with Crippen LogP contribution in [0.2, 0.25) is 0 Å². The Kier molecular flexibility index (Phi) is 6.55. The Morgan fingerprint density at radius 2 is 1.79 bits per heavy atom. The quantitative estimate of drug-likeness (QED) is 0.318. The summed E-state index contributed by atoms with van der Waals surface area (Å²) in [5.41, 5.74) is -0.926. The summed E-state index contributed by atoms with van der Waals surface area (Å²) in [7, 11) is 0. The van der Waals surface area contributed by atoms with Crippen LogP contribution in [-0.2, 0) is 24.1 Å². The molecule has 39 heavy (non-hydrogen) atoms. The SMILES string of the molecule is O=C1COc2ccc(CNC(=O)c3cc(C(=O)NCc4ccnc(C(F)(F)F)c4)n4ncc(F)c4n3)cc2N1. The third-order valence-corrected chi connectivity index (χ3v) is 5.59. The van der Waals surface area contributed by atoms with Crippen molar-refractivity contribution >= 4 is 29.1 Å². The zero-order chi connectivity index (χ0) is 27.7. The smallest absolute Gasteiger partial charge is 0.433 e. The highest BCUT2D eigenvalue weighted by Gasteiger charge is 2.32. The van der Waals surface area contributed by atoms with Crippen LogP contribution in [0, 0.1) is 5.82 Å². The van der Waals surface area contributed by atoms with Gasteiger partial charge in [0, 0.05) is 25.4 Å². The van der Waals surface area contributed by atoms with E-state index in [1.807, 2.05) is 0 Å². The number of fused-ring (bicyclic) bond motifs is 2. The topological polar surface area (TPSA) is 140 Å². The Labute approximate surface area is 216 Å². The normalized spacial score (nSPS) is 12.9. The summed E-state index contributed by atoms with van der Waals surface area (Å²) in [4.78, 5) is 44.5. The molecule has 1 aliphatic rings. The van der Waals surface area contributed by atoms with Gasteiger partial charge in [-0.25, -0.2) is 13.9 Å². The van der Waals surface area contributed by atoms with Crippen molar-refractivity contribution in [3.8, 4) is 5.75 Å². The molecule has 0 spiro atoms. The third kappa shape index (κ3) is 5.46. The van der Waals surface area contributed by atoms with Gasteiger partial charge in [-0.05, 0) is 35.4 Å². The summed E-state index contributed by atoms with van der Waals surface area (Å²) in [6.45, 7) is -0.407. The zero-order valence-corrected chi connectivity index (χ0v) is 19.7. The van der Waals surface area contributed by atoms with E-state index in [4.69, 9.17) is 4.74 Å². The van der Waals surface area contributed by atoms with Crippen molar-refractivity contribution in [3.63, 3.8) is 0 Å².